The molecule has 0 fully saturated rings. The zero-order valence-corrected chi connectivity index (χ0v) is 20.7. The molecule has 0 saturated heterocycles. The normalized spacial score (nSPS) is 11.4. The fraction of sp³-hybridized carbons (Fsp3) is 0.310. The Morgan fingerprint density at radius 1 is 1.00 bits per heavy atom. The van der Waals surface area contributed by atoms with Crippen molar-refractivity contribution in [1.82, 2.24) is 0 Å². The van der Waals surface area contributed by atoms with Crippen LogP contribution in [0.15, 0.2) is 66.7 Å². The summed E-state index contributed by atoms with van der Waals surface area (Å²) in [7, 11) is 0. The second-order valence-electron chi connectivity index (χ2n) is 8.63. The third kappa shape index (κ3) is 7.51. The summed E-state index contributed by atoms with van der Waals surface area (Å²) in [4.78, 5) is 12.1. The van der Waals surface area contributed by atoms with Gasteiger partial charge in [0.05, 0.1) is 23.8 Å². The largest absolute Gasteiger partial charge is 0.494 e. The number of nitrogens with one attached hydrogen (secondary N) is 1. The van der Waals surface area contributed by atoms with Gasteiger partial charge in [0.2, 0.25) is 6.23 Å². The van der Waals surface area contributed by atoms with Crippen molar-refractivity contribution in [3.8, 4) is 17.6 Å². The maximum atomic E-state index is 12.1. The van der Waals surface area contributed by atoms with Crippen LogP contribution in [0.1, 0.15) is 56.2 Å². The summed E-state index contributed by atoms with van der Waals surface area (Å²) in [6.07, 6.45) is -0.00277. The van der Waals surface area contributed by atoms with Crippen LogP contribution in [0.5, 0.6) is 11.5 Å². The van der Waals surface area contributed by atoms with Gasteiger partial charge in [0.25, 0.3) is 0 Å². The van der Waals surface area contributed by atoms with Crippen LogP contribution >= 0.6 is 0 Å². The van der Waals surface area contributed by atoms with Gasteiger partial charge in [0.1, 0.15) is 18.1 Å². The van der Waals surface area contributed by atoms with E-state index >= 15 is 0 Å². The second-order valence-corrected chi connectivity index (χ2v) is 8.63. The molecule has 182 valence electrons. The Bertz CT molecular complexity index is 1150. The molecule has 0 heterocycles. The van der Waals surface area contributed by atoms with Crippen LogP contribution in [0.2, 0.25) is 0 Å². The number of hydrogen-bond acceptors (Lipinski definition) is 6. The van der Waals surface area contributed by atoms with Gasteiger partial charge in [-0.15, -0.1) is 0 Å². The number of nitriles is 1. The molecule has 3 aromatic carbocycles. The lowest BCUT2D eigenvalue weighted by atomic mass is 9.99. The number of esters is 1. The van der Waals surface area contributed by atoms with E-state index < -0.39 is 12.2 Å². The van der Waals surface area contributed by atoms with Gasteiger partial charge < -0.3 is 19.5 Å². The topological polar surface area (TPSA) is 80.6 Å². The number of benzene rings is 3. The van der Waals surface area contributed by atoms with Gasteiger partial charge in [-0.1, -0.05) is 44.2 Å². The molecule has 1 atom stereocenters. The lowest BCUT2D eigenvalue weighted by molar-refractivity contribution is -0.145. The summed E-state index contributed by atoms with van der Waals surface area (Å²) >= 11 is 0. The van der Waals surface area contributed by atoms with E-state index in [1.165, 1.54) is 6.92 Å². The molecule has 6 heteroatoms. The average Bonchev–Trinajstić information content (AvgIpc) is 2.84. The van der Waals surface area contributed by atoms with Gasteiger partial charge >= 0.3 is 5.97 Å². The predicted octanol–water partition coefficient (Wildman–Crippen LogP) is 6.41. The van der Waals surface area contributed by atoms with E-state index in [2.05, 4.69) is 25.2 Å². The molecule has 3 rings (SSSR count). The molecule has 0 bridgehead atoms. The molecule has 0 radical (unpaired) electrons. The first-order valence-electron chi connectivity index (χ1n) is 11.8. The first-order valence-corrected chi connectivity index (χ1v) is 11.8. The molecular weight excluding hydrogens is 440 g/mol. The quantitative estimate of drug-likeness (QED) is 0.257. The molecule has 0 saturated carbocycles. The van der Waals surface area contributed by atoms with E-state index in [1.807, 2.05) is 49.4 Å². The van der Waals surface area contributed by atoms with Gasteiger partial charge in [0, 0.05) is 12.6 Å². The molecule has 0 spiro atoms. The molecule has 0 aromatic heterocycles. The molecule has 0 aliphatic rings. The first-order chi connectivity index (χ1) is 16.9. The van der Waals surface area contributed by atoms with Crippen molar-refractivity contribution in [3.05, 3.63) is 89.0 Å². The Balaban J connectivity index is 2.04. The van der Waals surface area contributed by atoms with Gasteiger partial charge in [-0.2, -0.15) is 5.26 Å². The molecule has 0 aliphatic carbocycles. The number of carbonyl (C=O) groups excluding carboxylic acids is 1. The highest BCUT2D eigenvalue weighted by atomic mass is 16.6. The highest BCUT2D eigenvalue weighted by Crippen LogP contribution is 2.37. The summed E-state index contributed by atoms with van der Waals surface area (Å²) in [5, 5.41) is 12.4. The third-order valence-corrected chi connectivity index (χ3v) is 5.24. The minimum Gasteiger partial charge on any atom is -0.494 e. The van der Waals surface area contributed by atoms with Crippen molar-refractivity contribution < 1.29 is 19.0 Å². The Kier molecular flexibility index (Phi) is 9.14. The van der Waals surface area contributed by atoms with Gasteiger partial charge in [-0.3, -0.25) is 4.79 Å². The number of hydrogen-bond donors (Lipinski definition) is 1. The molecule has 35 heavy (non-hydrogen) atoms. The number of ether oxygens (including phenoxy) is 3. The summed E-state index contributed by atoms with van der Waals surface area (Å²) in [5.74, 6) is 1.33. The Morgan fingerprint density at radius 2 is 1.71 bits per heavy atom. The van der Waals surface area contributed by atoms with E-state index in [0.29, 0.717) is 41.7 Å². The first kappa shape index (κ1) is 25.6. The molecular formula is C29H32N2O4. The van der Waals surface area contributed by atoms with Crippen LogP contribution in [0.4, 0.5) is 5.69 Å². The third-order valence-electron chi connectivity index (χ3n) is 5.24. The van der Waals surface area contributed by atoms with Crippen LogP contribution in [0.25, 0.3) is 0 Å². The summed E-state index contributed by atoms with van der Waals surface area (Å²) in [5.41, 5.74) is 3.96. The number of nitrogens with zero attached hydrogens (tertiary/aromatic N) is 1. The van der Waals surface area contributed by atoms with Crippen molar-refractivity contribution in [3.63, 3.8) is 0 Å². The standard InChI is InChI=1S/C29H32N2O4/c1-5-33-27-17-26(29(35-21(4)32)31-25-13-11-22(18-30)12-14-25)28(16-24(27)15-20(2)3)34-19-23-9-7-6-8-10-23/h6-14,16-17,20,29,31H,5,15,19H2,1-4H3. The maximum Gasteiger partial charge on any atom is 0.304 e. The highest BCUT2D eigenvalue weighted by Gasteiger charge is 2.23. The van der Waals surface area contributed by atoms with Crippen LogP contribution in [0, 0.1) is 17.2 Å². The lowest BCUT2D eigenvalue weighted by Crippen LogP contribution is -2.19. The molecule has 0 aliphatic heterocycles. The second kappa shape index (κ2) is 12.5. The molecule has 1 unspecified atom stereocenters. The lowest BCUT2D eigenvalue weighted by Gasteiger charge is -2.25. The molecule has 0 amide bonds. The van der Waals surface area contributed by atoms with Crippen molar-refractivity contribution in [2.24, 2.45) is 5.92 Å². The SMILES string of the molecule is CCOc1cc(C(Nc2ccc(C#N)cc2)OC(C)=O)c(OCc2ccccc2)cc1CC(C)C. The zero-order valence-electron chi connectivity index (χ0n) is 20.7. The summed E-state index contributed by atoms with van der Waals surface area (Å²) in [6, 6.07) is 22.8. The van der Waals surface area contributed by atoms with Crippen LogP contribution in [-0.4, -0.2) is 12.6 Å². The Hall–Kier alpha value is -3.98. The fourth-order valence-electron chi connectivity index (χ4n) is 3.70. The average molecular weight is 473 g/mol. The van der Waals surface area contributed by atoms with Crippen molar-refractivity contribution in [2.45, 2.75) is 47.0 Å². The van der Waals surface area contributed by atoms with E-state index in [1.54, 1.807) is 24.3 Å². The van der Waals surface area contributed by atoms with Crippen molar-refractivity contribution >= 4 is 11.7 Å². The van der Waals surface area contributed by atoms with Gasteiger partial charge in [0.15, 0.2) is 0 Å². The molecule has 1 N–H and O–H groups in total. The maximum absolute atomic E-state index is 12.1. The van der Waals surface area contributed by atoms with Crippen LogP contribution < -0.4 is 14.8 Å². The van der Waals surface area contributed by atoms with Gasteiger partial charge in [-0.05, 0) is 66.8 Å². The van der Waals surface area contributed by atoms with Crippen molar-refractivity contribution in [1.29, 1.82) is 5.26 Å². The predicted molar refractivity (Wildman–Crippen MR) is 136 cm³/mol. The Morgan fingerprint density at radius 3 is 2.31 bits per heavy atom. The van der Waals surface area contributed by atoms with Crippen LogP contribution in [0.3, 0.4) is 0 Å². The van der Waals surface area contributed by atoms with Crippen molar-refractivity contribution in [2.75, 3.05) is 11.9 Å². The Labute approximate surface area is 207 Å². The zero-order chi connectivity index (χ0) is 25.2. The van der Waals surface area contributed by atoms with Gasteiger partial charge in [-0.25, -0.2) is 0 Å². The minimum absolute atomic E-state index is 0.368. The smallest absolute Gasteiger partial charge is 0.304 e. The summed E-state index contributed by atoms with van der Waals surface area (Å²) in [6.45, 7) is 8.50. The molecule has 6 nitrogen and oxygen atoms in total. The minimum atomic E-state index is -0.821. The summed E-state index contributed by atoms with van der Waals surface area (Å²) < 4.78 is 18.0. The van der Waals surface area contributed by atoms with E-state index in [9.17, 15) is 4.79 Å². The van der Waals surface area contributed by atoms with E-state index in [4.69, 9.17) is 19.5 Å². The monoisotopic (exact) mass is 472 g/mol. The fourth-order valence-corrected chi connectivity index (χ4v) is 3.70. The highest BCUT2D eigenvalue weighted by molar-refractivity contribution is 5.67. The molecule has 3 aromatic rings. The van der Waals surface area contributed by atoms with E-state index in [0.717, 1.165) is 23.3 Å². The number of rotatable bonds is 11. The van der Waals surface area contributed by atoms with Crippen LogP contribution in [-0.2, 0) is 22.6 Å². The number of anilines is 1. The van der Waals surface area contributed by atoms with E-state index in [-0.39, 0.29) is 0 Å². The number of carbonyl (C=O) groups is 1.